The van der Waals surface area contributed by atoms with Crippen molar-refractivity contribution in [2.24, 2.45) is 0 Å². The number of hydrogen-bond donors (Lipinski definition) is 3. The average molecular weight is 352 g/mol. The molecular formula is C19H20N4O3. The van der Waals surface area contributed by atoms with Crippen LogP contribution in [0.1, 0.15) is 42.0 Å². The van der Waals surface area contributed by atoms with Gasteiger partial charge in [0.2, 0.25) is 5.91 Å². The molecule has 0 spiro atoms. The fourth-order valence-corrected chi connectivity index (χ4v) is 3.78. The molecule has 134 valence electrons. The van der Waals surface area contributed by atoms with Crippen LogP contribution in [0.4, 0.5) is 0 Å². The van der Waals surface area contributed by atoms with Crippen LogP contribution in [0.15, 0.2) is 36.7 Å². The number of carboxylic acids is 1. The second-order valence-corrected chi connectivity index (χ2v) is 6.66. The van der Waals surface area contributed by atoms with Crippen LogP contribution < -0.4 is 5.32 Å². The van der Waals surface area contributed by atoms with Gasteiger partial charge >= 0.3 is 5.97 Å². The zero-order chi connectivity index (χ0) is 18.3. The number of benzene rings is 1. The molecule has 1 aliphatic heterocycles. The first-order chi connectivity index (χ1) is 12.6. The fraction of sp³-hybridized carbons (Fsp3) is 0.316. The van der Waals surface area contributed by atoms with Crippen molar-refractivity contribution in [3.63, 3.8) is 0 Å². The molecule has 7 heteroatoms. The van der Waals surface area contributed by atoms with Gasteiger partial charge in [-0.05, 0) is 25.8 Å². The molecule has 0 bridgehead atoms. The maximum absolute atomic E-state index is 12.9. The molecule has 3 N–H and O–H groups in total. The fourth-order valence-electron chi connectivity index (χ4n) is 3.78. The highest BCUT2D eigenvalue weighted by Gasteiger charge is 2.32. The summed E-state index contributed by atoms with van der Waals surface area (Å²) in [4.78, 5) is 32.2. The molecule has 0 saturated heterocycles. The number of rotatable bonds is 4. The molecule has 4 rings (SSSR count). The first-order valence-corrected chi connectivity index (χ1v) is 8.68. The van der Waals surface area contributed by atoms with Gasteiger partial charge in [0.1, 0.15) is 11.9 Å². The molecular weight excluding hydrogens is 332 g/mol. The third-order valence-corrected chi connectivity index (χ3v) is 5.02. The Balaban J connectivity index is 1.65. The van der Waals surface area contributed by atoms with Crippen molar-refractivity contribution in [3.8, 4) is 0 Å². The van der Waals surface area contributed by atoms with Crippen LogP contribution in [0, 0.1) is 6.92 Å². The van der Waals surface area contributed by atoms with Crippen LogP contribution in [-0.4, -0.2) is 31.5 Å². The summed E-state index contributed by atoms with van der Waals surface area (Å²) >= 11 is 0. The predicted molar refractivity (Wildman–Crippen MR) is 95.8 cm³/mol. The second kappa shape index (κ2) is 6.33. The lowest BCUT2D eigenvalue weighted by Crippen LogP contribution is -2.40. The van der Waals surface area contributed by atoms with Crippen molar-refractivity contribution in [3.05, 3.63) is 53.7 Å². The summed E-state index contributed by atoms with van der Waals surface area (Å²) in [6, 6.07) is 5.93. The summed E-state index contributed by atoms with van der Waals surface area (Å²) in [6.07, 6.45) is 5.78. The Bertz CT molecular complexity index is 988. The molecule has 0 aliphatic carbocycles. The number of aromatic amines is 1. The average Bonchev–Trinajstić information content (AvgIpc) is 3.23. The largest absolute Gasteiger partial charge is 0.479 e. The number of H-pyrrole nitrogens is 1. The standard InChI is InChI=1S/C19H20N4O3/c1-11-9-21-16-8-4-7-15(23(11)16)18(24)22-17(19(25)26)13-10-20-14-6-3-2-5-12(13)14/h2-3,5-6,9-10,15,17,20H,4,7-8H2,1H3,(H,22,24)(H,25,26). The monoisotopic (exact) mass is 352 g/mol. The molecule has 1 aromatic carbocycles. The SMILES string of the molecule is Cc1cnc2n1C(C(=O)NC(C(=O)O)c1c[nH]c3ccccc13)CCC2. The van der Waals surface area contributed by atoms with E-state index in [0.29, 0.717) is 12.0 Å². The molecule has 2 aromatic heterocycles. The summed E-state index contributed by atoms with van der Waals surface area (Å²) in [7, 11) is 0. The number of aromatic nitrogens is 3. The van der Waals surface area contributed by atoms with E-state index in [1.807, 2.05) is 35.8 Å². The number of amides is 1. The first-order valence-electron chi connectivity index (χ1n) is 8.68. The van der Waals surface area contributed by atoms with E-state index >= 15 is 0 Å². The number of carbonyl (C=O) groups is 2. The number of imidazole rings is 1. The van der Waals surface area contributed by atoms with E-state index in [4.69, 9.17) is 0 Å². The van der Waals surface area contributed by atoms with E-state index in [-0.39, 0.29) is 5.91 Å². The Morgan fingerprint density at radius 1 is 1.38 bits per heavy atom. The van der Waals surface area contributed by atoms with Crippen molar-refractivity contribution < 1.29 is 14.7 Å². The third-order valence-electron chi connectivity index (χ3n) is 5.02. The van der Waals surface area contributed by atoms with E-state index in [1.165, 1.54) is 0 Å². The number of aliphatic carboxylic acids is 1. The Kier molecular flexibility index (Phi) is 3.99. The minimum absolute atomic E-state index is 0.287. The topological polar surface area (TPSA) is 100 Å². The number of para-hydroxylation sites is 1. The Morgan fingerprint density at radius 3 is 3.00 bits per heavy atom. The van der Waals surface area contributed by atoms with E-state index < -0.39 is 18.1 Å². The summed E-state index contributed by atoms with van der Waals surface area (Å²) < 4.78 is 1.92. The number of fused-ring (bicyclic) bond motifs is 2. The second-order valence-electron chi connectivity index (χ2n) is 6.66. The lowest BCUT2D eigenvalue weighted by molar-refractivity contribution is -0.142. The number of nitrogens with one attached hydrogen (secondary N) is 2. The van der Waals surface area contributed by atoms with Crippen LogP contribution in [0.3, 0.4) is 0 Å². The number of nitrogens with zero attached hydrogens (tertiary/aromatic N) is 2. The van der Waals surface area contributed by atoms with Crippen LogP contribution >= 0.6 is 0 Å². The highest BCUT2D eigenvalue weighted by molar-refractivity contribution is 5.92. The quantitative estimate of drug-likeness (QED) is 0.671. The van der Waals surface area contributed by atoms with Crippen molar-refractivity contribution in [2.45, 2.75) is 38.3 Å². The third kappa shape index (κ3) is 2.65. The lowest BCUT2D eigenvalue weighted by atomic mass is 10.0. The van der Waals surface area contributed by atoms with Gasteiger partial charge in [-0.15, -0.1) is 0 Å². The minimum atomic E-state index is -1.10. The van der Waals surface area contributed by atoms with Gasteiger partial charge in [0, 0.05) is 41.0 Å². The zero-order valence-corrected chi connectivity index (χ0v) is 14.4. The number of hydrogen-bond acceptors (Lipinski definition) is 3. The molecule has 0 fully saturated rings. The van der Waals surface area contributed by atoms with Gasteiger partial charge in [0.25, 0.3) is 0 Å². The van der Waals surface area contributed by atoms with Crippen molar-refractivity contribution in [1.29, 1.82) is 0 Å². The molecule has 3 aromatic rings. The molecule has 1 amide bonds. The number of carboxylic acid groups (broad SMARTS) is 1. The van der Waals surface area contributed by atoms with Crippen molar-refractivity contribution in [2.75, 3.05) is 0 Å². The van der Waals surface area contributed by atoms with E-state index in [1.54, 1.807) is 12.4 Å². The number of carbonyl (C=O) groups excluding carboxylic acids is 1. The smallest absolute Gasteiger partial charge is 0.330 e. The van der Waals surface area contributed by atoms with Gasteiger partial charge in [-0.1, -0.05) is 18.2 Å². The molecule has 26 heavy (non-hydrogen) atoms. The van der Waals surface area contributed by atoms with Crippen molar-refractivity contribution >= 4 is 22.8 Å². The molecule has 2 atom stereocenters. The molecule has 0 saturated carbocycles. The summed E-state index contributed by atoms with van der Waals surface area (Å²) in [6.45, 7) is 1.91. The molecule has 3 heterocycles. The van der Waals surface area contributed by atoms with Gasteiger partial charge in [-0.25, -0.2) is 9.78 Å². The van der Waals surface area contributed by atoms with E-state index in [9.17, 15) is 14.7 Å². The summed E-state index contributed by atoms with van der Waals surface area (Å²) in [5.41, 5.74) is 2.31. The van der Waals surface area contributed by atoms with Crippen LogP contribution in [0.2, 0.25) is 0 Å². The number of aryl methyl sites for hydroxylation is 2. The maximum atomic E-state index is 12.9. The van der Waals surface area contributed by atoms with Gasteiger partial charge in [0.05, 0.1) is 0 Å². The van der Waals surface area contributed by atoms with Gasteiger partial charge in [-0.3, -0.25) is 4.79 Å². The van der Waals surface area contributed by atoms with Crippen LogP contribution in [-0.2, 0) is 16.0 Å². The maximum Gasteiger partial charge on any atom is 0.330 e. The van der Waals surface area contributed by atoms with E-state index in [2.05, 4.69) is 15.3 Å². The van der Waals surface area contributed by atoms with Gasteiger partial charge in [-0.2, -0.15) is 0 Å². The first kappa shape index (κ1) is 16.4. The highest BCUT2D eigenvalue weighted by Crippen LogP contribution is 2.29. The molecule has 0 radical (unpaired) electrons. The lowest BCUT2D eigenvalue weighted by Gasteiger charge is -2.27. The van der Waals surface area contributed by atoms with Gasteiger partial charge in [0.15, 0.2) is 6.04 Å². The van der Waals surface area contributed by atoms with Crippen LogP contribution in [0.25, 0.3) is 10.9 Å². The summed E-state index contributed by atoms with van der Waals surface area (Å²) in [5.74, 6) is -0.487. The molecule has 2 unspecified atom stereocenters. The van der Waals surface area contributed by atoms with E-state index in [0.717, 1.165) is 35.3 Å². The zero-order valence-electron chi connectivity index (χ0n) is 14.4. The predicted octanol–water partition coefficient (Wildman–Crippen LogP) is 2.49. The Hall–Kier alpha value is -3.09. The minimum Gasteiger partial charge on any atom is -0.479 e. The summed E-state index contributed by atoms with van der Waals surface area (Å²) in [5, 5.41) is 13.2. The van der Waals surface area contributed by atoms with Gasteiger partial charge < -0.3 is 20.0 Å². The Labute approximate surface area is 150 Å². The molecule has 7 nitrogen and oxygen atoms in total. The molecule has 1 aliphatic rings. The van der Waals surface area contributed by atoms with Crippen molar-refractivity contribution in [1.82, 2.24) is 19.9 Å². The highest BCUT2D eigenvalue weighted by atomic mass is 16.4. The Morgan fingerprint density at radius 2 is 2.19 bits per heavy atom. The van der Waals surface area contributed by atoms with Crippen LogP contribution in [0.5, 0.6) is 0 Å². The normalized spacial score (nSPS) is 17.7.